The maximum atomic E-state index is 10.1. The molecular weight excluding hydrogens is 368 g/mol. The monoisotopic (exact) mass is 412 g/mol. The van der Waals surface area contributed by atoms with Gasteiger partial charge in [-0.3, -0.25) is 0 Å². The minimum absolute atomic E-state index is 0.114. The Morgan fingerprint density at radius 3 is 2.60 bits per heavy atom. The van der Waals surface area contributed by atoms with Gasteiger partial charge in [0.15, 0.2) is 0 Å². The highest BCUT2D eigenvalue weighted by Crippen LogP contribution is 2.42. The van der Waals surface area contributed by atoms with Crippen molar-refractivity contribution in [3.8, 4) is 11.5 Å². The van der Waals surface area contributed by atoms with E-state index in [1.54, 1.807) is 0 Å². The van der Waals surface area contributed by atoms with E-state index in [-0.39, 0.29) is 5.60 Å². The first-order valence-corrected chi connectivity index (χ1v) is 11.9. The number of ether oxygens (including phenoxy) is 1. The average Bonchev–Trinajstić information content (AvgIpc) is 2.66. The first kappa shape index (κ1) is 24.6. The molecule has 1 aromatic rings. The first-order valence-electron chi connectivity index (χ1n) is 11.9. The van der Waals surface area contributed by atoms with Crippen molar-refractivity contribution < 1.29 is 9.84 Å². The van der Waals surface area contributed by atoms with Crippen LogP contribution in [0, 0.1) is 19.8 Å². The Labute approximate surface area is 185 Å². The fourth-order valence-electron chi connectivity index (χ4n) is 4.50. The van der Waals surface area contributed by atoms with E-state index in [1.165, 1.54) is 48.8 Å². The zero-order valence-electron chi connectivity index (χ0n) is 20.5. The quantitative estimate of drug-likeness (QED) is 0.391. The van der Waals surface area contributed by atoms with E-state index in [0.29, 0.717) is 5.75 Å². The molecule has 0 bridgehead atoms. The maximum Gasteiger partial charge on any atom is 0.126 e. The van der Waals surface area contributed by atoms with Crippen LogP contribution >= 0.6 is 0 Å². The fraction of sp³-hybridized carbons (Fsp3) is 0.643. The van der Waals surface area contributed by atoms with Gasteiger partial charge in [0.05, 0.1) is 0 Å². The van der Waals surface area contributed by atoms with Crippen LogP contribution in [-0.4, -0.2) is 10.7 Å². The summed E-state index contributed by atoms with van der Waals surface area (Å²) < 4.78 is 6.49. The lowest BCUT2D eigenvalue weighted by Gasteiger charge is -2.37. The lowest BCUT2D eigenvalue weighted by atomic mass is 9.86. The number of aromatic hydroxyl groups is 1. The maximum absolute atomic E-state index is 10.1. The second kappa shape index (κ2) is 11.1. The van der Waals surface area contributed by atoms with Crippen LogP contribution in [0.2, 0.25) is 0 Å². The van der Waals surface area contributed by atoms with Crippen molar-refractivity contribution in [2.24, 2.45) is 5.92 Å². The summed E-state index contributed by atoms with van der Waals surface area (Å²) in [5.74, 6) is 2.21. The number of benzene rings is 1. The highest BCUT2D eigenvalue weighted by Gasteiger charge is 2.33. The van der Waals surface area contributed by atoms with Gasteiger partial charge in [0.1, 0.15) is 17.1 Å². The molecule has 1 aromatic carbocycles. The lowest BCUT2D eigenvalue weighted by Crippen LogP contribution is -2.36. The van der Waals surface area contributed by atoms with Crippen LogP contribution < -0.4 is 4.74 Å². The van der Waals surface area contributed by atoms with E-state index in [9.17, 15) is 5.11 Å². The van der Waals surface area contributed by atoms with Crippen molar-refractivity contribution in [1.82, 2.24) is 0 Å². The van der Waals surface area contributed by atoms with Crippen molar-refractivity contribution in [3.63, 3.8) is 0 Å². The summed E-state index contributed by atoms with van der Waals surface area (Å²) in [6.45, 7) is 15.3. The molecule has 1 N–H and O–H groups in total. The summed E-state index contributed by atoms with van der Waals surface area (Å²) in [6.07, 6.45) is 15.3. The zero-order chi connectivity index (χ0) is 22.3. The Morgan fingerprint density at radius 1 is 1.17 bits per heavy atom. The number of rotatable bonds is 10. The highest BCUT2D eigenvalue weighted by atomic mass is 16.5. The number of phenolic OH excluding ortho intramolecular Hbond substituents is 1. The molecule has 2 rings (SSSR count). The van der Waals surface area contributed by atoms with E-state index in [2.05, 4.69) is 46.8 Å². The predicted molar refractivity (Wildman–Crippen MR) is 130 cm³/mol. The first-order chi connectivity index (χ1) is 14.1. The second-order valence-electron chi connectivity index (χ2n) is 10.1. The van der Waals surface area contributed by atoms with Crippen molar-refractivity contribution in [3.05, 3.63) is 46.1 Å². The number of allylic oxidation sites excluding steroid dienone is 4. The van der Waals surface area contributed by atoms with Crippen molar-refractivity contribution in [2.45, 2.75) is 112 Å². The smallest absolute Gasteiger partial charge is 0.126 e. The Morgan fingerprint density at radius 2 is 1.90 bits per heavy atom. The molecule has 2 atom stereocenters. The number of phenols is 1. The van der Waals surface area contributed by atoms with Gasteiger partial charge < -0.3 is 9.84 Å². The largest absolute Gasteiger partial charge is 0.508 e. The molecule has 0 aliphatic carbocycles. The average molecular weight is 413 g/mol. The molecule has 0 saturated carbocycles. The molecular formula is C28H44O2. The third kappa shape index (κ3) is 7.22. The molecule has 2 heteroatoms. The van der Waals surface area contributed by atoms with Gasteiger partial charge in [0.2, 0.25) is 0 Å². The molecule has 1 aliphatic heterocycles. The summed E-state index contributed by atoms with van der Waals surface area (Å²) in [5.41, 5.74) is 6.05. The molecule has 0 spiro atoms. The fourth-order valence-corrected chi connectivity index (χ4v) is 4.50. The molecule has 2 unspecified atom stereocenters. The van der Waals surface area contributed by atoms with Gasteiger partial charge in [0.25, 0.3) is 0 Å². The molecule has 2 nitrogen and oxygen atoms in total. The summed E-state index contributed by atoms with van der Waals surface area (Å²) in [5, 5.41) is 10.1. The summed E-state index contributed by atoms with van der Waals surface area (Å²) in [4.78, 5) is 0. The number of hydrogen-bond donors (Lipinski definition) is 1. The lowest BCUT2D eigenvalue weighted by molar-refractivity contribution is 0.0559. The van der Waals surface area contributed by atoms with Crippen molar-refractivity contribution in [2.75, 3.05) is 0 Å². The Bertz CT molecular complexity index is 767. The third-order valence-electron chi connectivity index (χ3n) is 6.72. The molecule has 0 saturated heterocycles. The van der Waals surface area contributed by atoms with Crippen LogP contribution in [0.4, 0.5) is 0 Å². The SMILES string of the molecule is CC(C)=CCCC(C)CCC/C(C)=C/CCC1(C)CCc2c(C)c(O)cc(C)c2O1. The van der Waals surface area contributed by atoms with E-state index in [0.717, 1.165) is 48.5 Å². The third-order valence-corrected chi connectivity index (χ3v) is 6.72. The number of fused-ring (bicyclic) bond motifs is 1. The van der Waals surface area contributed by atoms with Gasteiger partial charge in [-0.15, -0.1) is 0 Å². The van der Waals surface area contributed by atoms with Gasteiger partial charge >= 0.3 is 0 Å². The summed E-state index contributed by atoms with van der Waals surface area (Å²) in [6, 6.07) is 1.84. The van der Waals surface area contributed by atoms with E-state index < -0.39 is 0 Å². The number of aryl methyl sites for hydroxylation is 1. The van der Waals surface area contributed by atoms with Crippen LogP contribution in [0.3, 0.4) is 0 Å². The zero-order valence-corrected chi connectivity index (χ0v) is 20.5. The Balaban J connectivity index is 1.78. The van der Waals surface area contributed by atoms with Gasteiger partial charge in [-0.1, -0.05) is 36.6 Å². The topological polar surface area (TPSA) is 29.5 Å². The van der Waals surface area contributed by atoms with Crippen molar-refractivity contribution in [1.29, 1.82) is 0 Å². The second-order valence-corrected chi connectivity index (χ2v) is 10.1. The highest BCUT2D eigenvalue weighted by molar-refractivity contribution is 5.53. The standard InChI is InChI=1S/C28H44O2/c1-20(2)11-8-12-21(3)13-9-14-22(4)15-10-17-28(7)18-16-25-24(6)26(29)19-23(5)27(25)30-28/h11,15,19,21,29H,8-10,12-14,16-18H2,1-7H3/b22-15+. The Kier molecular flexibility index (Phi) is 9.07. The normalized spacial score (nSPS) is 19.8. The molecule has 30 heavy (non-hydrogen) atoms. The van der Waals surface area contributed by atoms with Crippen LogP contribution in [0.15, 0.2) is 29.4 Å². The van der Waals surface area contributed by atoms with E-state index in [1.807, 2.05) is 19.9 Å². The number of hydrogen-bond acceptors (Lipinski definition) is 2. The summed E-state index contributed by atoms with van der Waals surface area (Å²) >= 11 is 0. The van der Waals surface area contributed by atoms with Crippen molar-refractivity contribution >= 4 is 0 Å². The predicted octanol–water partition coefficient (Wildman–Crippen LogP) is 8.37. The van der Waals surface area contributed by atoms with Gasteiger partial charge in [-0.05, 0) is 116 Å². The molecule has 1 aliphatic rings. The van der Waals surface area contributed by atoms with Crippen LogP contribution in [0.1, 0.15) is 103 Å². The van der Waals surface area contributed by atoms with Gasteiger partial charge in [-0.25, -0.2) is 0 Å². The Hall–Kier alpha value is -1.70. The van der Waals surface area contributed by atoms with Crippen LogP contribution in [0.25, 0.3) is 0 Å². The molecule has 0 aromatic heterocycles. The molecule has 0 amide bonds. The molecule has 0 radical (unpaired) electrons. The summed E-state index contributed by atoms with van der Waals surface area (Å²) in [7, 11) is 0. The molecule has 1 heterocycles. The van der Waals surface area contributed by atoms with Gasteiger partial charge in [0, 0.05) is 5.56 Å². The van der Waals surface area contributed by atoms with Gasteiger partial charge in [-0.2, -0.15) is 0 Å². The molecule has 168 valence electrons. The van der Waals surface area contributed by atoms with Crippen LogP contribution in [-0.2, 0) is 6.42 Å². The molecule has 0 fully saturated rings. The minimum Gasteiger partial charge on any atom is -0.508 e. The van der Waals surface area contributed by atoms with E-state index in [4.69, 9.17) is 4.74 Å². The van der Waals surface area contributed by atoms with E-state index >= 15 is 0 Å². The minimum atomic E-state index is -0.114. The van der Waals surface area contributed by atoms with Crippen LogP contribution in [0.5, 0.6) is 11.5 Å².